The van der Waals surface area contributed by atoms with E-state index < -0.39 is 11.4 Å². The molecule has 0 spiro atoms. The molecule has 2 unspecified atom stereocenters. The normalized spacial score (nSPS) is 24.9. The Morgan fingerprint density at radius 1 is 1.50 bits per heavy atom. The topological polar surface area (TPSA) is 78.9 Å². The fourth-order valence-corrected chi connectivity index (χ4v) is 2.34. The summed E-state index contributed by atoms with van der Waals surface area (Å²) >= 11 is 0. The van der Waals surface area contributed by atoms with Gasteiger partial charge >= 0.3 is 12.0 Å². The molecule has 1 rings (SSSR count). The summed E-state index contributed by atoms with van der Waals surface area (Å²) in [4.78, 5) is 25.1. The molecule has 116 valence electrons. The highest BCUT2D eigenvalue weighted by Crippen LogP contribution is 2.22. The lowest BCUT2D eigenvalue weighted by Crippen LogP contribution is -2.57. The van der Waals surface area contributed by atoms with Gasteiger partial charge in [-0.2, -0.15) is 0 Å². The number of ether oxygens (including phenoxy) is 1. The molecule has 1 aliphatic rings. The molecule has 20 heavy (non-hydrogen) atoms. The number of rotatable bonds is 4. The van der Waals surface area contributed by atoms with E-state index in [1.54, 1.807) is 18.7 Å². The number of urea groups is 1. The standard InChI is InChI=1S/C14H26N2O4/c1-6-14(5,11(17)18)8-15-12(19)16-7-10(2)20-13(3,4)9-16/h10H,6-9H2,1-5H3,(H,15,19)(H,17,18). The molecule has 0 aromatic rings. The second-order valence-electron chi connectivity index (χ2n) is 6.45. The van der Waals surface area contributed by atoms with Gasteiger partial charge in [-0.3, -0.25) is 4.79 Å². The molecule has 0 aliphatic carbocycles. The van der Waals surface area contributed by atoms with Gasteiger partial charge in [0.05, 0.1) is 23.7 Å². The smallest absolute Gasteiger partial charge is 0.317 e. The highest BCUT2D eigenvalue weighted by atomic mass is 16.5. The van der Waals surface area contributed by atoms with E-state index >= 15 is 0 Å². The third kappa shape index (κ3) is 4.10. The molecule has 1 fully saturated rings. The molecule has 2 amide bonds. The Balaban J connectivity index is 2.61. The molecule has 0 radical (unpaired) electrons. The Bertz CT molecular complexity index is 383. The van der Waals surface area contributed by atoms with E-state index in [0.717, 1.165) is 0 Å². The van der Waals surface area contributed by atoms with Crippen LogP contribution in [-0.2, 0) is 9.53 Å². The van der Waals surface area contributed by atoms with Gasteiger partial charge in [-0.25, -0.2) is 4.79 Å². The van der Waals surface area contributed by atoms with Crippen LogP contribution in [0.2, 0.25) is 0 Å². The number of aliphatic carboxylic acids is 1. The predicted molar refractivity (Wildman–Crippen MR) is 75.6 cm³/mol. The summed E-state index contributed by atoms with van der Waals surface area (Å²) in [6.07, 6.45) is 0.440. The minimum absolute atomic E-state index is 0.0264. The van der Waals surface area contributed by atoms with Crippen LogP contribution in [0.15, 0.2) is 0 Å². The maximum absolute atomic E-state index is 12.2. The molecule has 0 aromatic heterocycles. The van der Waals surface area contributed by atoms with Gasteiger partial charge in [0.1, 0.15) is 0 Å². The highest BCUT2D eigenvalue weighted by Gasteiger charge is 2.36. The number of carboxylic acids is 1. The number of carbonyl (C=O) groups is 2. The summed E-state index contributed by atoms with van der Waals surface area (Å²) in [6.45, 7) is 10.4. The fraction of sp³-hybridized carbons (Fsp3) is 0.857. The van der Waals surface area contributed by atoms with Gasteiger partial charge in [-0.15, -0.1) is 0 Å². The summed E-state index contributed by atoms with van der Waals surface area (Å²) < 4.78 is 5.74. The van der Waals surface area contributed by atoms with Gasteiger partial charge in [-0.1, -0.05) is 6.92 Å². The van der Waals surface area contributed by atoms with Gasteiger partial charge in [-0.05, 0) is 34.1 Å². The van der Waals surface area contributed by atoms with Gasteiger partial charge in [0.15, 0.2) is 0 Å². The van der Waals surface area contributed by atoms with Crippen LogP contribution in [0.1, 0.15) is 41.0 Å². The Labute approximate surface area is 120 Å². The first-order valence-electron chi connectivity index (χ1n) is 7.03. The number of carbonyl (C=O) groups excluding carboxylic acids is 1. The minimum Gasteiger partial charge on any atom is -0.481 e. The molecule has 1 heterocycles. The second-order valence-corrected chi connectivity index (χ2v) is 6.45. The molecule has 6 heteroatoms. The van der Waals surface area contributed by atoms with E-state index in [9.17, 15) is 14.7 Å². The van der Waals surface area contributed by atoms with Crippen molar-refractivity contribution in [3.05, 3.63) is 0 Å². The molecule has 1 saturated heterocycles. The van der Waals surface area contributed by atoms with Crippen molar-refractivity contribution < 1.29 is 19.4 Å². The van der Waals surface area contributed by atoms with E-state index in [4.69, 9.17) is 4.74 Å². The van der Waals surface area contributed by atoms with E-state index in [1.807, 2.05) is 20.8 Å². The number of hydrogen-bond donors (Lipinski definition) is 2. The Morgan fingerprint density at radius 2 is 2.10 bits per heavy atom. The lowest BCUT2D eigenvalue weighted by molar-refractivity contribution is -0.147. The molecule has 2 atom stereocenters. The van der Waals surface area contributed by atoms with Gasteiger partial charge in [0.25, 0.3) is 0 Å². The molecule has 2 N–H and O–H groups in total. The zero-order valence-electron chi connectivity index (χ0n) is 13.0. The van der Waals surface area contributed by atoms with Crippen molar-refractivity contribution in [3.8, 4) is 0 Å². The Kier molecular flexibility index (Phi) is 5.02. The highest BCUT2D eigenvalue weighted by molar-refractivity contribution is 5.78. The van der Waals surface area contributed by atoms with Crippen molar-refractivity contribution in [3.63, 3.8) is 0 Å². The summed E-state index contributed by atoms with van der Waals surface area (Å²) in [6, 6.07) is -0.228. The third-order valence-electron chi connectivity index (χ3n) is 3.78. The third-order valence-corrected chi connectivity index (χ3v) is 3.78. The van der Waals surface area contributed by atoms with Gasteiger partial charge in [0, 0.05) is 13.1 Å². The van der Waals surface area contributed by atoms with Crippen LogP contribution in [0, 0.1) is 5.41 Å². The summed E-state index contributed by atoms with van der Waals surface area (Å²) in [5.74, 6) is -0.893. The first-order valence-corrected chi connectivity index (χ1v) is 7.03. The number of hydrogen-bond acceptors (Lipinski definition) is 3. The molecular weight excluding hydrogens is 260 g/mol. The SMILES string of the molecule is CCC(C)(CNC(=O)N1CC(C)OC(C)(C)C1)C(=O)O. The Hall–Kier alpha value is -1.30. The fourth-order valence-electron chi connectivity index (χ4n) is 2.34. The van der Waals surface area contributed by atoms with Crippen LogP contribution in [0.5, 0.6) is 0 Å². The van der Waals surface area contributed by atoms with Crippen LogP contribution in [0.4, 0.5) is 4.79 Å². The van der Waals surface area contributed by atoms with Crippen molar-refractivity contribution in [1.29, 1.82) is 0 Å². The minimum atomic E-state index is -0.927. The van der Waals surface area contributed by atoms with Gasteiger partial charge < -0.3 is 20.1 Å². The van der Waals surface area contributed by atoms with Gasteiger partial charge in [0.2, 0.25) is 0 Å². The summed E-state index contributed by atoms with van der Waals surface area (Å²) in [5, 5.41) is 11.9. The number of carboxylic acid groups (broad SMARTS) is 1. The lowest BCUT2D eigenvalue weighted by Gasteiger charge is -2.41. The first-order chi connectivity index (χ1) is 9.09. The predicted octanol–water partition coefficient (Wildman–Crippen LogP) is 1.70. The van der Waals surface area contributed by atoms with E-state index in [-0.39, 0.29) is 24.3 Å². The average Bonchev–Trinajstić information content (AvgIpc) is 2.32. The van der Waals surface area contributed by atoms with Crippen molar-refractivity contribution in [2.75, 3.05) is 19.6 Å². The molecule has 0 saturated carbocycles. The molecular formula is C14H26N2O4. The largest absolute Gasteiger partial charge is 0.481 e. The quantitative estimate of drug-likeness (QED) is 0.824. The first kappa shape index (κ1) is 16.8. The van der Waals surface area contributed by atoms with Crippen LogP contribution in [0.3, 0.4) is 0 Å². The summed E-state index contributed by atoms with van der Waals surface area (Å²) in [7, 11) is 0. The molecule has 6 nitrogen and oxygen atoms in total. The molecule has 0 aromatic carbocycles. The van der Waals surface area contributed by atoms with Crippen molar-refractivity contribution in [1.82, 2.24) is 10.2 Å². The number of amides is 2. The number of morpholine rings is 1. The van der Waals surface area contributed by atoms with E-state index in [0.29, 0.717) is 19.5 Å². The van der Waals surface area contributed by atoms with Crippen LogP contribution in [-0.4, -0.2) is 53.3 Å². The van der Waals surface area contributed by atoms with Crippen molar-refractivity contribution >= 4 is 12.0 Å². The van der Waals surface area contributed by atoms with Crippen molar-refractivity contribution in [2.24, 2.45) is 5.41 Å². The molecule has 0 bridgehead atoms. The van der Waals surface area contributed by atoms with E-state index in [2.05, 4.69) is 5.32 Å². The monoisotopic (exact) mass is 286 g/mol. The van der Waals surface area contributed by atoms with Crippen LogP contribution in [0.25, 0.3) is 0 Å². The zero-order chi connectivity index (χ0) is 15.6. The van der Waals surface area contributed by atoms with Crippen LogP contribution >= 0.6 is 0 Å². The maximum Gasteiger partial charge on any atom is 0.317 e. The lowest BCUT2D eigenvalue weighted by atomic mass is 9.88. The number of nitrogens with zero attached hydrogens (tertiary/aromatic N) is 1. The molecule has 1 aliphatic heterocycles. The zero-order valence-corrected chi connectivity index (χ0v) is 13.0. The maximum atomic E-state index is 12.2. The van der Waals surface area contributed by atoms with E-state index in [1.165, 1.54) is 0 Å². The Morgan fingerprint density at radius 3 is 2.55 bits per heavy atom. The van der Waals surface area contributed by atoms with Crippen LogP contribution < -0.4 is 5.32 Å². The second kappa shape index (κ2) is 5.99. The number of nitrogens with one attached hydrogen (secondary N) is 1. The van der Waals surface area contributed by atoms with Crippen molar-refractivity contribution in [2.45, 2.75) is 52.7 Å². The average molecular weight is 286 g/mol. The summed E-state index contributed by atoms with van der Waals surface area (Å²) in [5.41, 5.74) is -1.31.